The molecule has 0 bridgehead atoms. The number of benzene rings is 1. The van der Waals surface area contributed by atoms with Crippen LogP contribution in [0.25, 0.3) is 10.9 Å². The lowest BCUT2D eigenvalue weighted by atomic mass is 10.1. The number of hydrogen-bond acceptors (Lipinski definition) is 4. The van der Waals surface area contributed by atoms with E-state index < -0.39 is 0 Å². The fourth-order valence-corrected chi connectivity index (χ4v) is 2.68. The monoisotopic (exact) mass is 317 g/mol. The number of aromatic nitrogens is 1. The first-order chi connectivity index (χ1) is 11.2. The number of nitrogens with one attached hydrogen (secondary N) is 2. The van der Waals surface area contributed by atoms with Gasteiger partial charge in [-0.05, 0) is 56.9 Å². The van der Waals surface area contributed by atoms with Gasteiger partial charge in [-0.3, -0.25) is 4.79 Å². The molecule has 0 aliphatic carbocycles. The van der Waals surface area contributed by atoms with Gasteiger partial charge in [0, 0.05) is 23.0 Å². The Bertz CT molecular complexity index is 678. The fraction of sp³-hybridized carbons (Fsp3) is 0.500. The molecule has 0 unspecified atom stereocenters. The maximum Gasteiger partial charge on any atom is 0.252 e. The van der Waals surface area contributed by atoms with E-state index in [9.17, 15) is 4.79 Å². The molecule has 0 saturated heterocycles. The van der Waals surface area contributed by atoms with Crippen molar-refractivity contribution in [2.24, 2.45) is 0 Å². The van der Waals surface area contributed by atoms with Gasteiger partial charge in [-0.1, -0.05) is 13.8 Å². The van der Waals surface area contributed by atoms with Gasteiger partial charge in [-0.2, -0.15) is 0 Å². The second-order valence-corrected chi connectivity index (χ2v) is 5.63. The zero-order chi connectivity index (χ0) is 16.7. The third-order valence-corrected chi connectivity index (χ3v) is 4.17. The highest BCUT2D eigenvalue weighted by Gasteiger charge is 2.04. The van der Waals surface area contributed by atoms with Crippen molar-refractivity contribution in [3.8, 4) is 5.75 Å². The van der Waals surface area contributed by atoms with E-state index in [4.69, 9.17) is 4.74 Å². The SMILES string of the molecule is CCN(CC)CCCNCc1cc2cc(OC)ccc2[nH]c1=O. The number of aromatic amines is 1. The van der Waals surface area contributed by atoms with Crippen LogP contribution in [0.5, 0.6) is 5.75 Å². The number of nitrogens with zero attached hydrogens (tertiary/aromatic N) is 1. The number of hydrogen-bond donors (Lipinski definition) is 2. The molecule has 2 aromatic rings. The summed E-state index contributed by atoms with van der Waals surface area (Å²) in [5.74, 6) is 0.794. The lowest BCUT2D eigenvalue weighted by Crippen LogP contribution is -2.28. The molecule has 126 valence electrons. The third-order valence-electron chi connectivity index (χ3n) is 4.17. The number of methoxy groups -OCH3 is 1. The molecule has 0 aliphatic rings. The highest BCUT2D eigenvalue weighted by Crippen LogP contribution is 2.18. The van der Waals surface area contributed by atoms with Crippen molar-refractivity contribution in [2.45, 2.75) is 26.8 Å². The molecule has 0 radical (unpaired) electrons. The van der Waals surface area contributed by atoms with E-state index in [0.717, 1.165) is 54.8 Å². The van der Waals surface area contributed by atoms with Crippen LogP contribution in [0.1, 0.15) is 25.8 Å². The van der Waals surface area contributed by atoms with Crippen molar-refractivity contribution < 1.29 is 4.74 Å². The Kier molecular flexibility index (Phi) is 6.62. The summed E-state index contributed by atoms with van der Waals surface area (Å²) in [6, 6.07) is 7.60. The van der Waals surface area contributed by atoms with E-state index in [1.807, 2.05) is 24.3 Å². The molecule has 1 heterocycles. The van der Waals surface area contributed by atoms with E-state index >= 15 is 0 Å². The Morgan fingerprint density at radius 1 is 1.22 bits per heavy atom. The summed E-state index contributed by atoms with van der Waals surface area (Å²) < 4.78 is 5.24. The van der Waals surface area contributed by atoms with Crippen molar-refractivity contribution in [3.63, 3.8) is 0 Å². The maximum atomic E-state index is 12.1. The molecule has 2 rings (SSSR count). The van der Waals surface area contributed by atoms with Gasteiger partial charge in [0.05, 0.1) is 7.11 Å². The number of H-pyrrole nitrogens is 1. The van der Waals surface area contributed by atoms with Crippen LogP contribution in [-0.2, 0) is 6.54 Å². The Morgan fingerprint density at radius 3 is 2.70 bits per heavy atom. The van der Waals surface area contributed by atoms with Gasteiger partial charge < -0.3 is 19.9 Å². The van der Waals surface area contributed by atoms with Crippen molar-refractivity contribution in [1.82, 2.24) is 15.2 Å². The average Bonchev–Trinajstić information content (AvgIpc) is 2.58. The summed E-state index contributed by atoms with van der Waals surface area (Å²) in [5.41, 5.74) is 1.56. The Labute approximate surface area is 137 Å². The molecule has 0 atom stereocenters. The van der Waals surface area contributed by atoms with Crippen LogP contribution in [0.3, 0.4) is 0 Å². The summed E-state index contributed by atoms with van der Waals surface area (Å²) >= 11 is 0. The van der Waals surface area contributed by atoms with Crippen LogP contribution in [0, 0.1) is 0 Å². The van der Waals surface area contributed by atoms with Gasteiger partial charge in [-0.25, -0.2) is 0 Å². The normalized spacial score (nSPS) is 11.3. The first-order valence-corrected chi connectivity index (χ1v) is 8.31. The van der Waals surface area contributed by atoms with Crippen LogP contribution in [0.2, 0.25) is 0 Å². The number of fused-ring (bicyclic) bond motifs is 1. The van der Waals surface area contributed by atoms with E-state index in [1.165, 1.54) is 0 Å². The van der Waals surface area contributed by atoms with Gasteiger partial charge in [0.1, 0.15) is 5.75 Å². The quantitative estimate of drug-likeness (QED) is 0.697. The second kappa shape index (κ2) is 8.70. The largest absolute Gasteiger partial charge is 0.497 e. The molecule has 0 aliphatic heterocycles. The van der Waals surface area contributed by atoms with Gasteiger partial charge in [-0.15, -0.1) is 0 Å². The van der Waals surface area contributed by atoms with Crippen molar-refractivity contribution in [2.75, 3.05) is 33.3 Å². The molecule has 5 heteroatoms. The van der Waals surface area contributed by atoms with Gasteiger partial charge in [0.2, 0.25) is 0 Å². The van der Waals surface area contributed by atoms with E-state index in [2.05, 4.69) is 29.0 Å². The van der Waals surface area contributed by atoms with Crippen LogP contribution >= 0.6 is 0 Å². The molecule has 2 N–H and O–H groups in total. The van der Waals surface area contributed by atoms with Gasteiger partial charge in [0.15, 0.2) is 0 Å². The first kappa shape index (κ1) is 17.5. The van der Waals surface area contributed by atoms with Crippen LogP contribution in [-0.4, -0.2) is 43.2 Å². The molecule has 0 amide bonds. The minimum Gasteiger partial charge on any atom is -0.497 e. The highest BCUT2D eigenvalue weighted by atomic mass is 16.5. The van der Waals surface area contributed by atoms with E-state index in [0.29, 0.717) is 6.54 Å². The Hall–Kier alpha value is -1.85. The standard InChI is InChI=1S/C18H27N3O2/c1-4-21(5-2)10-6-9-19-13-15-11-14-12-16(23-3)7-8-17(14)20-18(15)22/h7-8,11-12,19H,4-6,9-10,13H2,1-3H3,(H,20,22). The fourth-order valence-electron chi connectivity index (χ4n) is 2.68. The number of pyridine rings is 1. The number of ether oxygens (including phenoxy) is 1. The predicted octanol–water partition coefficient (Wildman–Crippen LogP) is 2.36. The summed E-state index contributed by atoms with van der Waals surface area (Å²) in [4.78, 5) is 17.4. The van der Waals surface area contributed by atoms with Crippen LogP contribution in [0.4, 0.5) is 0 Å². The van der Waals surface area contributed by atoms with Crippen LogP contribution in [0.15, 0.2) is 29.1 Å². The third kappa shape index (κ3) is 4.81. The maximum absolute atomic E-state index is 12.1. The number of rotatable bonds is 9. The van der Waals surface area contributed by atoms with Gasteiger partial charge >= 0.3 is 0 Å². The highest BCUT2D eigenvalue weighted by molar-refractivity contribution is 5.80. The molecule has 0 spiro atoms. The molecular weight excluding hydrogens is 290 g/mol. The van der Waals surface area contributed by atoms with Gasteiger partial charge in [0.25, 0.3) is 5.56 Å². The zero-order valence-corrected chi connectivity index (χ0v) is 14.3. The molecule has 23 heavy (non-hydrogen) atoms. The van der Waals surface area contributed by atoms with E-state index in [-0.39, 0.29) is 5.56 Å². The zero-order valence-electron chi connectivity index (χ0n) is 14.3. The lowest BCUT2D eigenvalue weighted by Gasteiger charge is -2.17. The summed E-state index contributed by atoms with van der Waals surface area (Å²) in [6.45, 7) is 9.11. The van der Waals surface area contributed by atoms with E-state index in [1.54, 1.807) is 7.11 Å². The molecule has 0 saturated carbocycles. The Balaban J connectivity index is 1.94. The lowest BCUT2D eigenvalue weighted by molar-refractivity contribution is 0.298. The minimum atomic E-state index is -0.0288. The first-order valence-electron chi connectivity index (χ1n) is 8.31. The predicted molar refractivity (Wildman–Crippen MR) is 95.2 cm³/mol. The Morgan fingerprint density at radius 2 is 2.00 bits per heavy atom. The van der Waals surface area contributed by atoms with Crippen molar-refractivity contribution in [1.29, 1.82) is 0 Å². The summed E-state index contributed by atoms with van der Waals surface area (Å²) in [6.07, 6.45) is 1.08. The minimum absolute atomic E-state index is 0.0288. The second-order valence-electron chi connectivity index (χ2n) is 5.63. The topological polar surface area (TPSA) is 57.4 Å². The summed E-state index contributed by atoms with van der Waals surface area (Å²) in [7, 11) is 1.64. The van der Waals surface area contributed by atoms with Crippen LogP contribution < -0.4 is 15.6 Å². The van der Waals surface area contributed by atoms with Crippen molar-refractivity contribution >= 4 is 10.9 Å². The molecule has 1 aromatic heterocycles. The molecule has 0 fully saturated rings. The van der Waals surface area contributed by atoms with Crippen molar-refractivity contribution in [3.05, 3.63) is 40.2 Å². The average molecular weight is 317 g/mol. The summed E-state index contributed by atoms with van der Waals surface area (Å²) in [5, 5.41) is 4.35. The molecule has 1 aromatic carbocycles. The smallest absolute Gasteiger partial charge is 0.252 e. The molecule has 5 nitrogen and oxygen atoms in total. The molecular formula is C18H27N3O2.